The minimum atomic E-state index is -0.144. The van der Waals surface area contributed by atoms with Crippen LogP contribution >= 0.6 is 0 Å². The first-order chi connectivity index (χ1) is 13.6. The molecule has 0 saturated heterocycles. The molecule has 0 atom stereocenters. The SMILES string of the molecule is Cc1cccc(-n2c(N/N=C\c3ccccn3)nc3ccccc3c2=O)c1C. The lowest BCUT2D eigenvalue weighted by Gasteiger charge is -2.15. The Kier molecular flexibility index (Phi) is 4.68. The number of nitrogens with zero attached hydrogens (tertiary/aromatic N) is 4. The van der Waals surface area contributed by atoms with Crippen molar-refractivity contribution in [3.63, 3.8) is 0 Å². The maximum absolute atomic E-state index is 13.3. The summed E-state index contributed by atoms with van der Waals surface area (Å²) in [6.07, 6.45) is 3.29. The highest BCUT2D eigenvalue weighted by molar-refractivity contribution is 5.80. The van der Waals surface area contributed by atoms with Gasteiger partial charge in [0, 0.05) is 6.20 Å². The number of hydrazone groups is 1. The molecule has 138 valence electrons. The number of rotatable bonds is 4. The number of pyridine rings is 1. The van der Waals surface area contributed by atoms with Gasteiger partial charge < -0.3 is 0 Å². The zero-order valence-electron chi connectivity index (χ0n) is 15.6. The number of aryl methyl sites for hydroxylation is 1. The van der Waals surface area contributed by atoms with E-state index in [2.05, 4.69) is 20.5 Å². The summed E-state index contributed by atoms with van der Waals surface area (Å²) in [5.74, 6) is 0.351. The molecule has 1 N–H and O–H groups in total. The van der Waals surface area contributed by atoms with Gasteiger partial charge in [0.05, 0.1) is 28.5 Å². The fourth-order valence-corrected chi connectivity index (χ4v) is 3.02. The smallest absolute Gasteiger partial charge is 0.267 e. The first-order valence-electron chi connectivity index (χ1n) is 8.93. The summed E-state index contributed by atoms with van der Waals surface area (Å²) >= 11 is 0. The van der Waals surface area contributed by atoms with Gasteiger partial charge in [0.25, 0.3) is 5.56 Å². The van der Waals surface area contributed by atoms with Crippen LogP contribution in [0.15, 0.2) is 76.8 Å². The predicted octanol–water partition coefficient (Wildman–Crippen LogP) is 3.84. The molecule has 0 spiro atoms. The normalized spacial score (nSPS) is 11.2. The van der Waals surface area contributed by atoms with Crippen molar-refractivity contribution in [2.75, 3.05) is 5.43 Å². The highest BCUT2D eigenvalue weighted by Crippen LogP contribution is 2.21. The molecule has 0 radical (unpaired) electrons. The highest BCUT2D eigenvalue weighted by Gasteiger charge is 2.14. The third kappa shape index (κ3) is 3.27. The van der Waals surface area contributed by atoms with E-state index in [1.54, 1.807) is 23.0 Å². The van der Waals surface area contributed by atoms with Gasteiger partial charge in [-0.05, 0) is 55.3 Å². The topological polar surface area (TPSA) is 72.2 Å². The van der Waals surface area contributed by atoms with Crippen molar-refractivity contribution >= 4 is 23.1 Å². The van der Waals surface area contributed by atoms with E-state index >= 15 is 0 Å². The lowest BCUT2D eigenvalue weighted by atomic mass is 10.1. The van der Waals surface area contributed by atoms with Crippen molar-refractivity contribution < 1.29 is 0 Å². The molecule has 4 rings (SSSR count). The van der Waals surface area contributed by atoms with E-state index in [0.29, 0.717) is 22.5 Å². The second kappa shape index (κ2) is 7.44. The van der Waals surface area contributed by atoms with Crippen molar-refractivity contribution in [3.05, 3.63) is 94.0 Å². The van der Waals surface area contributed by atoms with Crippen LogP contribution in [0, 0.1) is 13.8 Å². The molecule has 0 aliphatic carbocycles. The van der Waals surface area contributed by atoms with Crippen LogP contribution in [-0.4, -0.2) is 20.7 Å². The summed E-state index contributed by atoms with van der Waals surface area (Å²) in [5.41, 5.74) is 6.98. The van der Waals surface area contributed by atoms with E-state index in [4.69, 9.17) is 0 Å². The molecule has 0 unspecified atom stereocenters. The van der Waals surface area contributed by atoms with E-state index in [-0.39, 0.29) is 5.56 Å². The standard InChI is InChI=1S/C22H19N5O/c1-15-8-7-12-20(16(15)2)27-21(28)18-10-3-4-11-19(18)25-22(27)26-24-14-17-9-5-6-13-23-17/h3-14H,1-2H3,(H,25,26)/b24-14-. The molecular formula is C22H19N5O. The van der Waals surface area contributed by atoms with Crippen molar-refractivity contribution in [1.29, 1.82) is 0 Å². The monoisotopic (exact) mass is 369 g/mol. The Labute approximate surface area is 162 Å². The number of para-hydroxylation sites is 1. The first-order valence-corrected chi connectivity index (χ1v) is 8.93. The average Bonchev–Trinajstić information content (AvgIpc) is 2.72. The Balaban J connectivity index is 1.88. The maximum Gasteiger partial charge on any atom is 0.267 e. The second-order valence-corrected chi connectivity index (χ2v) is 6.44. The fraction of sp³-hybridized carbons (Fsp3) is 0.0909. The molecular weight excluding hydrogens is 350 g/mol. The van der Waals surface area contributed by atoms with Crippen molar-refractivity contribution in [2.45, 2.75) is 13.8 Å². The summed E-state index contributed by atoms with van der Waals surface area (Å²) in [5, 5.41) is 4.80. The van der Waals surface area contributed by atoms with Gasteiger partial charge in [-0.3, -0.25) is 9.78 Å². The zero-order valence-corrected chi connectivity index (χ0v) is 15.6. The summed E-state index contributed by atoms with van der Waals surface area (Å²) in [4.78, 5) is 22.1. The van der Waals surface area contributed by atoms with Crippen LogP contribution < -0.4 is 11.0 Å². The van der Waals surface area contributed by atoms with Gasteiger partial charge in [-0.2, -0.15) is 5.10 Å². The molecule has 0 fully saturated rings. The van der Waals surface area contributed by atoms with E-state index in [0.717, 1.165) is 16.8 Å². The van der Waals surface area contributed by atoms with E-state index in [9.17, 15) is 4.79 Å². The lowest BCUT2D eigenvalue weighted by molar-refractivity contribution is 0.944. The summed E-state index contributed by atoms with van der Waals surface area (Å²) in [6.45, 7) is 4.01. The number of hydrogen-bond acceptors (Lipinski definition) is 5. The number of benzene rings is 2. The van der Waals surface area contributed by atoms with E-state index < -0.39 is 0 Å². The molecule has 4 aromatic rings. The van der Waals surface area contributed by atoms with Gasteiger partial charge in [-0.25, -0.2) is 15.0 Å². The van der Waals surface area contributed by atoms with Crippen LogP contribution in [0.25, 0.3) is 16.6 Å². The van der Waals surface area contributed by atoms with Crippen LogP contribution in [-0.2, 0) is 0 Å². The number of fused-ring (bicyclic) bond motifs is 1. The minimum absolute atomic E-state index is 0.144. The van der Waals surface area contributed by atoms with Gasteiger partial charge in [0.2, 0.25) is 5.95 Å². The fourth-order valence-electron chi connectivity index (χ4n) is 3.02. The Morgan fingerprint density at radius 1 is 1.00 bits per heavy atom. The molecule has 6 heteroatoms. The van der Waals surface area contributed by atoms with Crippen molar-refractivity contribution in [2.24, 2.45) is 5.10 Å². The number of aromatic nitrogens is 3. The lowest BCUT2D eigenvalue weighted by Crippen LogP contribution is -2.23. The summed E-state index contributed by atoms with van der Waals surface area (Å²) in [6, 6.07) is 18.7. The molecule has 6 nitrogen and oxygen atoms in total. The Morgan fingerprint density at radius 2 is 1.82 bits per heavy atom. The second-order valence-electron chi connectivity index (χ2n) is 6.44. The molecule has 28 heavy (non-hydrogen) atoms. The minimum Gasteiger partial charge on any atom is -0.268 e. The van der Waals surface area contributed by atoms with Crippen LogP contribution in [0.5, 0.6) is 0 Å². The quantitative estimate of drug-likeness (QED) is 0.438. The number of hydrogen-bond donors (Lipinski definition) is 1. The molecule has 0 aliphatic heterocycles. The van der Waals surface area contributed by atoms with Gasteiger partial charge in [-0.15, -0.1) is 0 Å². The molecule has 2 aromatic heterocycles. The molecule has 0 amide bonds. The van der Waals surface area contributed by atoms with Gasteiger partial charge in [0.15, 0.2) is 0 Å². The van der Waals surface area contributed by atoms with Crippen LogP contribution in [0.2, 0.25) is 0 Å². The third-order valence-electron chi connectivity index (χ3n) is 4.64. The van der Waals surface area contributed by atoms with E-state index in [1.807, 2.05) is 68.4 Å². The van der Waals surface area contributed by atoms with Crippen LogP contribution in [0.3, 0.4) is 0 Å². The zero-order chi connectivity index (χ0) is 19.5. The molecule has 2 heterocycles. The van der Waals surface area contributed by atoms with Gasteiger partial charge >= 0.3 is 0 Å². The molecule has 0 bridgehead atoms. The summed E-state index contributed by atoms with van der Waals surface area (Å²) < 4.78 is 1.57. The van der Waals surface area contributed by atoms with Crippen molar-refractivity contribution in [3.8, 4) is 5.69 Å². The third-order valence-corrected chi connectivity index (χ3v) is 4.64. The summed E-state index contributed by atoms with van der Waals surface area (Å²) in [7, 11) is 0. The largest absolute Gasteiger partial charge is 0.268 e. The van der Waals surface area contributed by atoms with Crippen LogP contribution in [0.4, 0.5) is 5.95 Å². The highest BCUT2D eigenvalue weighted by atomic mass is 16.1. The first kappa shape index (κ1) is 17.6. The maximum atomic E-state index is 13.3. The molecule has 0 aliphatic rings. The average molecular weight is 369 g/mol. The number of nitrogens with one attached hydrogen (secondary N) is 1. The van der Waals surface area contributed by atoms with Crippen molar-refractivity contribution in [1.82, 2.24) is 14.5 Å². The Morgan fingerprint density at radius 3 is 2.64 bits per heavy atom. The van der Waals surface area contributed by atoms with Gasteiger partial charge in [0.1, 0.15) is 0 Å². The number of anilines is 1. The Hall–Kier alpha value is -3.80. The van der Waals surface area contributed by atoms with E-state index in [1.165, 1.54) is 0 Å². The Bertz CT molecular complexity index is 1230. The predicted molar refractivity (Wildman–Crippen MR) is 112 cm³/mol. The molecule has 0 saturated carbocycles. The molecule has 2 aromatic carbocycles. The van der Waals surface area contributed by atoms with Crippen LogP contribution in [0.1, 0.15) is 16.8 Å². The van der Waals surface area contributed by atoms with Gasteiger partial charge in [-0.1, -0.05) is 30.3 Å².